The van der Waals surface area contributed by atoms with Crippen LogP contribution in [0, 0.1) is 0 Å². The number of anilines is 1. The van der Waals surface area contributed by atoms with E-state index in [4.69, 9.17) is 4.74 Å². The molecule has 1 heterocycles. The first-order valence-corrected chi connectivity index (χ1v) is 6.44. The predicted octanol–water partition coefficient (Wildman–Crippen LogP) is 4.21. The van der Waals surface area contributed by atoms with E-state index in [2.05, 4.69) is 10.3 Å². The van der Waals surface area contributed by atoms with Crippen LogP contribution in [0.1, 0.15) is 12.5 Å². The Morgan fingerprint density at radius 1 is 1.14 bits per heavy atom. The van der Waals surface area contributed by atoms with Crippen LogP contribution in [-0.4, -0.2) is 18.6 Å². The number of benzene rings is 1. The fraction of sp³-hybridized carbons (Fsp3) is 0.267. The summed E-state index contributed by atoms with van der Waals surface area (Å²) >= 11 is 0. The Balaban J connectivity index is 2.42. The van der Waals surface area contributed by atoms with Gasteiger partial charge in [0.15, 0.2) is 0 Å². The molecule has 0 aliphatic carbocycles. The molecule has 2 aromatic rings. The van der Waals surface area contributed by atoms with E-state index in [-0.39, 0.29) is 11.5 Å². The lowest BCUT2D eigenvalue weighted by atomic mass is 10.1. The minimum Gasteiger partial charge on any atom is -0.494 e. The maximum atomic E-state index is 12.9. The molecule has 1 N–H and O–H groups in total. The molecule has 0 radical (unpaired) electrons. The standard InChI is InChI=1S/C15H15F3N2O/c1-3-21-12-6-4-10(5-7-12)13-8-11(15(16,17)18)9-14(19-2)20-13/h4-9H,3H2,1-2H3,(H,19,20). The lowest BCUT2D eigenvalue weighted by Gasteiger charge is -2.12. The van der Waals surface area contributed by atoms with Crippen molar-refractivity contribution in [3.05, 3.63) is 42.0 Å². The first-order valence-electron chi connectivity index (χ1n) is 6.44. The van der Waals surface area contributed by atoms with Gasteiger partial charge in [0.05, 0.1) is 17.9 Å². The first-order chi connectivity index (χ1) is 9.94. The van der Waals surface area contributed by atoms with Crippen LogP contribution in [0.5, 0.6) is 5.75 Å². The van der Waals surface area contributed by atoms with Gasteiger partial charge in [-0.05, 0) is 43.3 Å². The Morgan fingerprint density at radius 3 is 2.33 bits per heavy atom. The average molecular weight is 296 g/mol. The maximum Gasteiger partial charge on any atom is 0.416 e. The van der Waals surface area contributed by atoms with E-state index in [1.807, 2.05) is 6.92 Å². The summed E-state index contributed by atoms with van der Waals surface area (Å²) in [7, 11) is 1.53. The second-order valence-corrected chi connectivity index (χ2v) is 4.33. The number of nitrogens with one attached hydrogen (secondary N) is 1. The third-order valence-electron chi connectivity index (χ3n) is 2.87. The summed E-state index contributed by atoms with van der Waals surface area (Å²) in [5.74, 6) is 0.843. The van der Waals surface area contributed by atoms with Gasteiger partial charge in [0.1, 0.15) is 11.6 Å². The maximum absolute atomic E-state index is 12.9. The SMILES string of the molecule is CCOc1ccc(-c2cc(C(F)(F)F)cc(NC)n2)cc1. The van der Waals surface area contributed by atoms with Gasteiger partial charge in [0.25, 0.3) is 0 Å². The molecule has 0 aliphatic heterocycles. The molecule has 0 amide bonds. The zero-order valence-electron chi connectivity index (χ0n) is 11.7. The summed E-state index contributed by atoms with van der Waals surface area (Å²) in [6.07, 6.45) is -4.41. The summed E-state index contributed by atoms with van der Waals surface area (Å²) in [4.78, 5) is 4.16. The summed E-state index contributed by atoms with van der Waals surface area (Å²) in [6, 6.07) is 8.81. The second kappa shape index (κ2) is 6.03. The van der Waals surface area contributed by atoms with Gasteiger partial charge in [-0.2, -0.15) is 13.2 Å². The molecule has 1 aromatic carbocycles. The van der Waals surface area contributed by atoms with Crippen molar-refractivity contribution >= 4 is 5.82 Å². The Kier molecular flexibility index (Phi) is 4.35. The van der Waals surface area contributed by atoms with Crippen molar-refractivity contribution in [1.29, 1.82) is 0 Å². The highest BCUT2D eigenvalue weighted by Crippen LogP contribution is 2.33. The zero-order valence-corrected chi connectivity index (χ0v) is 11.7. The van der Waals surface area contributed by atoms with Gasteiger partial charge in [0, 0.05) is 12.6 Å². The van der Waals surface area contributed by atoms with Crippen LogP contribution in [0.4, 0.5) is 19.0 Å². The number of pyridine rings is 1. The predicted molar refractivity (Wildman–Crippen MR) is 75.4 cm³/mol. The molecular weight excluding hydrogens is 281 g/mol. The number of halogens is 3. The molecule has 21 heavy (non-hydrogen) atoms. The molecule has 0 unspecified atom stereocenters. The van der Waals surface area contributed by atoms with Gasteiger partial charge in [0.2, 0.25) is 0 Å². The molecule has 6 heteroatoms. The van der Waals surface area contributed by atoms with Gasteiger partial charge >= 0.3 is 6.18 Å². The number of nitrogens with zero attached hydrogens (tertiary/aromatic N) is 1. The molecule has 3 nitrogen and oxygen atoms in total. The Bertz CT molecular complexity index is 609. The van der Waals surface area contributed by atoms with E-state index in [9.17, 15) is 13.2 Å². The van der Waals surface area contributed by atoms with Crippen molar-refractivity contribution in [1.82, 2.24) is 4.98 Å². The van der Waals surface area contributed by atoms with Gasteiger partial charge in [-0.1, -0.05) is 0 Å². The van der Waals surface area contributed by atoms with Crippen LogP contribution in [0.2, 0.25) is 0 Å². The highest BCUT2D eigenvalue weighted by atomic mass is 19.4. The molecule has 0 saturated carbocycles. The van der Waals surface area contributed by atoms with E-state index in [0.29, 0.717) is 17.9 Å². The number of aromatic nitrogens is 1. The number of alkyl halides is 3. The first kappa shape index (κ1) is 15.2. The molecule has 2 rings (SSSR count). The van der Waals surface area contributed by atoms with Crippen LogP contribution in [0.15, 0.2) is 36.4 Å². The number of hydrogen-bond acceptors (Lipinski definition) is 3. The second-order valence-electron chi connectivity index (χ2n) is 4.33. The van der Waals surface area contributed by atoms with Gasteiger partial charge < -0.3 is 10.1 Å². The minimum atomic E-state index is -4.41. The van der Waals surface area contributed by atoms with Gasteiger partial charge in [-0.25, -0.2) is 4.98 Å². The quantitative estimate of drug-likeness (QED) is 0.917. The van der Waals surface area contributed by atoms with Crippen LogP contribution in [-0.2, 0) is 6.18 Å². The van der Waals surface area contributed by atoms with Crippen molar-refractivity contribution in [2.75, 3.05) is 19.0 Å². The molecule has 0 aliphatic rings. The summed E-state index contributed by atoms with van der Waals surface area (Å²) in [5.41, 5.74) is 0.129. The average Bonchev–Trinajstić information content (AvgIpc) is 2.47. The Labute approximate surface area is 120 Å². The third-order valence-corrected chi connectivity index (χ3v) is 2.87. The molecule has 112 valence electrons. The molecule has 0 spiro atoms. The van der Waals surface area contributed by atoms with E-state index in [0.717, 1.165) is 12.1 Å². The highest BCUT2D eigenvalue weighted by Gasteiger charge is 2.31. The molecule has 0 saturated heterocycles. The van der Waals surface area contributed by atoms with Crippen LogP contribution in [0.25, 0.3) is 11.3 Å². The highest BCUT2D eigenvalue weighted by molar-refractivity contribution is 5.63. The lowest BCUT2D eigenvalue weighted by Crippen LogP contribution is -2.07. The van der Waals surface area contributed by atoms with Crippen molar-refractivity contribution in [2.45, 2.75) is 13.1 Å². The molecule has 0 fully saturated rings. The number of hydrogen-bond donors (Lipinski definition) is 1. The number of ether oxygens (including phenoxy) is 1. The molecule has 0 atom stereocenters. The largest absolute Gasteiger partial charge is 0.494 e. The van der Waals surface area contributed by atoms with E-state index in [1.165, 1.54) is 7.05 Å². The Hall–Kier alpha value is -2.24. The van der Waals surface area contributed by atoms with Crippen LogP contribution < -0.4 is 10.1 Å². The van der Waals surface area contributed by atoms with Crippen molar-refractivity contribution in [3.8, 4) is 17.0 Å². The fourth-order valence-electron chi connectivity index (χ4n) is 1.86. The fourth-order valence-corrected chi connectivity index (χ4v) is 1.86. The third kappa shape index (κ3) is 3.65. The normalized spacial score (nSPS) is 11.3. The number of rotatable bonds is 4. The van der Waals surface area contributed by atoms with Crippen molar-refractivity contribution < 1.29 is 17.9 Å². The van der Waals surface area contributed by atoms with Crippen molar-refractivity contribution in [2.24, 2.45) is 0 Å². The Morgan fingerprint density at radius 2 is 1.81 bits per heavy atom. The van der Waals surface area contributed by atoms with E-state index >= 15 is 0 Å². The smallest absolute Gasteiger partial charge is 0.416 e. The van der Waals surface area contributed by atoms with Gasteiger partial charge in [-0.3, -0.25) is 0 Å². The minimum absolute atomic E-state index is 0.175. The zero-order chi connectivity index (χ0) is 15.5. The monoisotopic (exact) mass is 296 g/mol. The summed E-state index contributed by atoms with van der Waals surface area (Å²) in [6.45, 7) is 2.40. The molecule has 0 bridgehead atoms. The van der Waals surface area contributed by atoms with Gasteiger partial charge in [-0.15, -0.1) is 0 Å². The molecular formula is C15H15F3N2O. The van der Waals surface area contributed by atoms with E-state index < -0.39 is 11.7 Å². The topological polar surface area (TPSA) is 34.1 Å². The molecule has 1 aromatic heterocycles. The lowest BCUT2D eigenvalue weighted by molar-refractivity contribution is -0.137. The van der Waals surface area contributed by atoms with Crippen LogP contribution in [0.3, 0.4) is 0 Å². The van der Waals surface area contributed by atoms with Crippen LogP contribution >= 0.6 is 0 Å². The van der Waals surface area contributed by atoms with Crippen molar-refractivity contribution in [3.63, 3.8) is 0 Å². The van der Waals surface area contributed by atoms with E-state index in [1.54, 1.807) is 24.3 Å². The summed E-state index contributed by atoms with van der Waals surface area (Å²) < 4.78 is 44.0. The summed E-state index contributed by atoms with van der Waals surface area (Å²) in [5, 5.41) is 2.65.